The minimum atomic E-state index is -0.758. The molecular formula is C24H20N2O4. The zero-order valence-corrected chi connectivity index (χ0v) is 16.6. The Bertz CT molecular complexity index is 1140. The van der Waals surface area contributed by atoms with E-state index in [0.29, 0.717) is 17.0 Å². The summed E-state index contributed by atoms with van der Waals surface area (Å²) in [6.07, 6.45) is 3.05. The molecule has 0 spiro atoms. The Morgan fingerprint density at radius 1 is 1.03 bits per heavy atom. The first-order valence-corrected chi connectivity index (χ1v) is 9.43. The Labute approximate surface area is 174 Å². The number of Topliss-reactive ketones (excluding diaryl/α,β-unsaturated/α-hetero) is 1. The fraction of sp³-hybridized carbons (Fsp3) is 0.125. The van der Waals surface area contributed by atoms with E-state index in [0.717, 1.165) is 11.1 Å². The maximum absolute atomic E-state index is 13.1. The molecule has 6 nitrogen and oxygen atoms in total. The molecule has 1 aliphatic heterocycles. The van der Waals surface area contributed by atoms with Gasteiger partial charge in [-0.05, 0) is 48.9 Å². The van der Waals surface area contributed by atoms with Crippen molar-refractivity contribution in [1.82, 2.24) is 4.98 Å². The molecule has 2 heterocycles. The third-order valence-corrected chi connectivity index (χ3v) is 5.11. The first-order chi connectivity index (χ1) is 14.5. The Morgan fingerprint density at radius 3 is 2.37 bits per heavy atom. The molecule has 0 aliphatic carbocycles. The quantitative estimate of drug-likeness (QED) is 0.406. The molecule has 1 unspecified atom stereocenters. The van der Waals surface area contributed by atoms with Crippen molar-refractivity contribution >= 4 is 23.1 Å². The number of carbonyl (C=O) groups excluding carboxylic acids is 2. The molecule has 1 aromatic heterocycles. The van der Waals surface area contributed by atoms with Crippen molar-refractivity contribution in [2.75, 3.05) is 12.0 Å². The Balaban J connectivity index is 1.93. The standard InChI is InChI=1S/C24H20N2O4/c1-15-4-3-5-17(14-15)21-20(22(27)16-10-12-25-13-11-16)23(28)24(29)26(21)18-6-8-19(30-2)9-7-18/h3-14,21,27H,1-2H3/b22-20-. The lowest BCUT2D eigenvalue weighted by molar-refractivity contribution is -0.132. The van der Waals surface area contributed by atoms with Crippen LogP contribution in [-0.2, 0) is 9.59 Å². The summed E-state index contributed by atoms with van der Waals surface area (Å²) in [6, 6.07) is 16.9. The second-order valence-corrected chi connectivity index (χ2v) is 7.02. The van der Waals surface area contributed by atoms with Crippen molar-refractivity contribution < 1.29 is 19.4 Å². The van der Waals surface area contributed by atoms with E-state index in [-0.39, 0.29) is 11.3 Å². The number of methoxy groups -OCH3 is 1. The number of rotatable bonds is 4. The molecule has 0 bridgehead atoms. The largest absolute Gasteiger partial charge is 0.507 e. The van der Waals surface area contributed by atoms with E-state index in [1.165, 1.54) is 17.3 Å². The van der Waals surface area contributed by atoms with Gasteiger partial charge >= 0.3 is 0 Å². The SMILES string of the molecule is COc1ccc(N2C(=O)C(=O)/C(=C(\O)c3ccncc3)C2c2cccc(C)c2)cc1. The number of pyridine rings is 1. The summed E-state index contributed by atoms with van der Waals surface area (Å²) in [7, 11) is 1.56. The van der Waals surface area contributed by atoms with E-state index in [1.54, 1.807) is 43.5 Å². The molecule has 4 rings (SSSR count). The van der Waals surface area contributed by atoms with E-state index in [9.17, 15) is 14.7 Å². The van der Waals surface area contributed by atoms with E-state index in [2.05, 4.69) is 4.98 Å². The molecule has 6 heteroatoms. The molecule has 2 aromatic carbocycles. The Hall–Kier alpha value is -3.93. The lowest BCUT2D eigenvalue weighted by atomic mass is 9.94. The number of aryl methyl sites for hydroxylation is 1. The van der Waals surface area contributed by atoms with E-state index < -0.39 is 17.7 Å². The minimum Gasteiger partial charge on any atom is -0.507 e. The van der Waals surface area contributed by atoms with Gasteiger partial charge in [-0.2, -0.15) is 0 Å². The zero-order valence-electron chi connectivity index (χ0n) is 16.6. The van der Waals surface area contributed by atoms with Crippen LogP contribution in [-0.4, -0.2) is 28.9 Å². The number of amides is 1. The summed E-state index contributed by atoms with van der Waals surface area (Å²) in [5, 5.41) is 11.0. The molecule has 1 amide bonds. The van der Waals surface area contributed by atoms with Gasteiger partial charge < -0.3 is 9.84 Å². The highest BCUT2D eigenvalue weighted by atomic mass is 16.5. The van der Waals surface area contributed by atoms with Crippen molar-refractivity contribution in [2.45, 2.75) is 13.0 Å². The number of carbonyl (C=O) groups is 2. The fourth-order valence-corrected chi connectivity index (χ4v) is 3.66. The highest BCUT2D eigenvalue weighted by molar-refractivity contribution is 6.51. The highest BCUT2D eigenvalue weighted by Gasteiger charge is 2.46. The van der Waals surface area contributed by atoms with Crippen LogP contribution in [0.25, 0.3) is 5.76 Å². The van der Waals surface area contributed by atoms with E-state index >= 15 is 0 Å². The van der Waals surface area contributed by atoms with Crippen molar-refractivity contribution in [1.29, 1.82) is 0 Å². The van der Waals surface area contributed by atoms with Gasteiger partial charge in [0.2, 0.25) is 0 Å². The number of aliphatic hydroxyl groups is 1. The van der Waals surface area contributed by atoms with Crippen LogP contribution in [0.4, 0.5) is 5.69 Å². The molecule has 30 heavy (non-hydrogen) atoms. The summed E-state index contributed by atoms with van der Waals surface area (Å²) in [4.78, 5) is 31.5. The summed E-state index contributed by atoms with van der Waals surface area (Å²) >= 11 is 0. The molecule has 1 aliphatic rings. The number of anilines is 1. The van der Waals surface area contributed by atoms with Crippen LogP contribution < -0.4 is 9.64 Å². The van der Waals surface area contributed by atoms with Gasteiger partial charge in [-0.3, -0.25) is 19.5 Å². The second kappa shape index (κ2) is 7.83. The number of ketones is 1. The maximum atomic E-state index is 13.1. The molecule has 0 saturated carbocycles. The summed E-state index contributed by atoms with van der Waals surface area (Å²) < 4.78 is 5.20. The van der Waals surface area contributed by atoms with Crippen LogP contribution in [0, 0.1) is 6.92 Å². The number of benzene rings is 2. The lowest BCUT2D eigenvalue weighted by Gasteiger charge is -2.25. The van der Waals surface area contributed by atoms with Gasteiger partial charge in [0, 0.05) is 23.6 Å². The van der Waals surface area contributed by atoms with E-state index in [4.69, 9.17) is 4.74 Å². The number of nitrogens with zero attached hydrogens (tertiary/aromatic N) is 2. The smallest absolute Gasteiger partial charge is 0.300 e. The lowest BCUT2D eigenvalue weighted by Crippen LogP contribution is -2.29. The summed E-state index contributed by atoms with van der Waals surface area (Å²) in [6.45, 7) is 1.94. The van der Waals surface area contributed by atoms with Gasteiger partial charge in [0.25, 0.3) is 11.7 Å². The number of aliphatic hydroxyl groups excluding tert-OH is 1. The normalized spacial score (nSPS) is 17.9. The summed E-state index contributed by atoms with van der Waals surface area (Å²) in [5.41, 5.74) is 2.73. The van der Waals surface area contributed by atoms with Gasteiger partial charge in [0.05, 0.1) is 18.7 Å². The van der Waals surface area contributed by atoms with Gasteiger partial charge in [-0.15, -0.1) is 0 Å². The fourth-order valence-electron chi connectivity index (χ4n) is 3.66. The van der Waals surface area contributed by atoms with Crippen molar-refractivity contribution in [2.24, 2.45) is 0 Å². The second-order valence-electron chi connectivity index (χ2n) is 7.02. The third-order valence-electron chi connectivity index (χ3n) is 5.11. The molecule has 150 valence electrons. The van der Waals surface area contributed by atoms with Gasteiger partial charge in [0.1, 0.15) is 11.5 Å². The van der Waals surface area contributed by atoms with Crippen LogP contribution in [0.15, 0.2) is 78.6 Å². The molecule has 3 aromatic rings. The van der Waals surface area contributed by atoms with E-state index in [1.807, 2.05) is 31.2 Å². The van der Waals surface area contributed by atoms with Crippen molar-refractivity contribution in [3.8, 4) is 5.75 Å². The van der Waals surface area contributed by atoms with Crippen molar-refractivity contribution in [3.05, 3.63) is 95.3 Å². The third kappa shape index (κ3) is 3.33. The topological polar surface area (TPSA) is 79.7 Å². The number of ether oxygens (including phenoxy) is 1. The molecule has 1 saturated heterocycles. The summed E-state index contributed by atoms with van der Waals surface area (Å²) in [5.74, 6) is -1.01. The predicted octanol–water partition coefficient (Wildman–Crippen LogP) is 4.02. The van der Waals surface area contributed by atoms with Gasteiger partial charge in [-0.1, -0.05) is 29.8 Å². The minimum absolute atomic E-state index is 0.0487. The van der Waals surface area contributed by atoms with Crippen LogP contribution in [0.2, 0.25) is 0 Å². The highest BCUT2D eigenvalue weighted by Crippen LogP contribution is 2.42. The van der Waals surface area contributed by atoms with Gasteiger partial charge in [0.15, 0.2) is 0 Å². The average molecular weight is 400 g/mol. The zero-order chi connectivity index (χ0) is 21.3. The van der Waals surface area contributed by atoms with Crippen molar-refractivity contribution in [3.63, 3.8) is 0 Å². The molecular weight excluding hydrogens is 380 g/mol. The molecule has 1 N–H and O–H groups in total. The molecule has 0 radical (unpaired) electrons. The molecule has 1 fully saturated rings. The monoisotopic (exact) mass is 400 g/mol. The Kier molecular flexibility index (Phi) is 5.06. The molecule has 1 atom stereocenters. The van der Waals surface area contributed by atoms with Crippen LogP contribution in [0.1, 0.15) is 22.7 Å². The number of aromatic nitrogens is 1. The first kappa shape index (κ1) is 19.4. The predicted molar refractivity (Wildman–Crippen MR) is 113 cm³/mol. The van der Waals surface area contributed by atoms with Gasteiger partial charge in [-0.25, -0.2) is 0 Å². The van der Waals surface area contributed by atoms with Crippen LogP contribution in [0.3, 0.4) is 0 Å². The maximum Gasteiger partial charge on any atom is 0.300 e. The number of hydrogen-bond donors (Lipinski definition) is 1. The number of hydrogen-bond acceptors (Lipinski definition) is 5. The van der Waals surface area contributed by atoms with Crippen LogP contribution in [0.5, 0.6) is 5.75 Å². The average Bonchev–Trinajstić information content (AvgIpc) is 3.04. The van der Waals surface area contributed by atoms with Crippen LogP contribution >= 0.6 is 0 Å². The Morgan fingerprint density at radius 2 is 1.73 bits per heavy atom. The first-order valence-electron chi connectivity index (χ1n) is 9.43.